The van der Waals surface area contributed by atoms with Gasteiger partial charge in [-0.05, 0) is 24.6 Å². The number of carbonyl (C=O) groups excluding carboxylic acids is 1. The highest BCUT2D eigenvalue weighted by Crippen LogP contribution is 2.68. The highest BCUT2D eigenvalue weighted by Gasteiger charge is 2.81. The molecule has 8 heteroatoms. The number of piperidine rings is 1. The third-order valence-corrected chi connectivity index (χ3v) is 4.82. The lowest BCUT2D eigenvalue weighted by Gasteiger charge is -2.20. The van der Waals surface area contributed by atoms with Crippen molar-refractivity contribution >= 4 is 29.4 Å². The Bertz CT molecular complexity index is 695. The van der Waals surface area contributed by atoms with Gasteiger partial charge in [0.25, 0.3) is 5.91 Å². The zero-order chi connectivity index (χ0) is 16.3. The lowest BCUT2D eigenvalue weighted by molar-refractivity contribution is -0.151. The minimum Gasteiger partial charge on any atom is -0.481 e. The van der Waals surface area contributed by atoms with Crippen LogP contribution in [0.2, 0.25) is 5.02 Å². The second-order valence-electron chi connectivity index (χ2n) is 5.74. The van der Waals surface area contributed by atoms with Crippen molar-refractivity contribution in [3.05, 3.63) is 34.6 Å². The van der Waals surface area contributed by atoms with Crippen molar-refractivity contribution in [2.75, 3.05) is 13.1 Å². The summed E-state index contributed by atoms with van der Waals surface area (Å²) < 4.78 is 13.8. The molecule has 116 valence electrons. The minimum atomic E-state index is -1.47. The molecule has 1 saturated carbocycles. The predicted molar refractivity (Wildman–Crippen MR) is 72.1 cm³/mol. The van der Waals surface area contributed by atoms with E-state index in [1.807, 2.05) is 0 Å². The van der Waals surface area contributed by atoms with Gasteiger partial charge in [-0.1, -0.05) is 11.6 Å². The molecule has 1 amide bonds. The fraction of sp³-hybridized carbons (Fsp3) is 0.357. The lowest BCUT2D eigenvalue weighted by atomic mass is 9.97. The quantitative estimate of drug-likeness (QED) is 0.877. The van der Waals surface area contributed by atoms with Gasteiger partial charge in [-0.15, -0.1) is 0 Å². The summed E-state index contributed by atoms with van der Waals surface area (Å²) in [6.07, 6.45) is -0.0163. The van der Waals surface area contributed by atoms with E-state index in [0.29, 0.717) is 0 Å². The van der Waals surface area contributed by atoms with E-state index in [1.165, 1.54) is 12.1 Å². The van der Waals surface area contributed by atoms with Crippen molar-refractivity contribution in [3.8, 4) is 0 Å². The number of benzene rings is 1. The number of carbonyl (C=O) groups is 3. The molecular weight excluding hydrogens is 317 g/mol. The first-order chi connectivity index (χ1) is 10.2. The Labute approximate surface area is 129 Å². The topological polar surface area (TPSA) is 94.9 Å². The SMILES string of the molecule is O=C(c1ccc(Cl)cc1F)N1C[C@@]2(C(=O)O)C[C@@]2(C(=O)O)C1. The maximum Gasteiger partial charge on any atom is 0.312 e. The zero-order valence-corrected chi connectivity index (χ0v) is 11.9. The fourth-order valence-electron chi connectivity index (χ4n) is 3.27. The molecule has 2 atom stereocenters. The van der Waals surface area contributed by atoms with Crippen molar-refractivity contribution in [2.45, 2.75) is 6.42 Å². The molecule has 1 heterocycles. The van der Waals surface area contributed by atoms with Gasteiger partial charge < -0.3 is 15.1 Å². The third-order valence-electron chi connectivity index (χ3n) is 4.58. The van der Waals surface area contributed by atoms with Crippen molar-refractivity contribution in [1.82, 2.24) is 4.90 Å². The van der Waals surface area contributed by atoms with Crippen molar-refractivity contribution in [1.29, 1.82) is 0 Å². The standard InChI is InChI=1S/C14H11ClFNO5/c15-7-1-2-8(9(16)3-7)10(18)17-5-13(11(19)20)4-14(13,6-17)12(21)22/h1-3H,4-6H2,(H,19,20)(H,21,22)/t13-,14+. The Hall–Kier alpha value is -2.15. The monoisotopic (exact) mass is 327 g/mol. The molecule has 2 N–H and O–H groups in total. The maximum atomic E-state index is 13.8. The van der Waals surface area contributed by atoms with Crippen LogP contribution in [0.25, 0.3) is 0 Å². The molecule has 22 heavy (non-hydrogen) atoms. The van der Waals surface area contributed by atoms with Gasteiger partial charge in [0.05, 0.1) is 5.56 Å². The van der Waals surface area contributed by atoms with Gasteiger partial charge in [0, 0.05) is 18.1 Å². The third kappa shape index (κ3) is 1.75. The van der Waals surface area contributed by atoms with Crippen LogP contribution >= 0.6 is 11.6 Å². The second kappa shape index (κ2) is 4.42. The van der Waals surface area contributed by atoms with Crippen LogP contribution in [0.5, 0.6) is 0 Å². The van der Waals surface area contributed by atoms with Crippen LogP contribution in [-0.2, 0) is 9.59 Å². The molecule has 0 radical (unpaired) electrons. The molecule has 1 saturated heterocycles. The van der Waals surface area contributed by atoms with Gasteiger partial charge in [-0.3, -0.25) is 14.4 Å². The van der Waals surface area contributed by atoms with Crippen LogP contribution < -0.4 is 0 Å². The van der Waals surface area contributed by atoms with Gasteiger partial charge >= 0.3 is 11.9 Å². The summed E-state index contributed by atoms with van der Waals surface area (Å²) in [6.45, 7) is -0.481. The van der Waals surface area contributed by atoms with E-state index in [2.05, 4.69) is 0 Å². The second-order valence-corrected chi connectivity index (χ2v) is 6.17. The normalized spacial score (nSPS) is 29.1. The van der Waals surface area contributed by atoms with Gasteiger partial charge in [-0.2, -0.15) is 0 Å². The number of hydrogen-bond acceptors (Lipinski definition) is 3. The first-order valence-electron chi connectivity index (χ1n) is 6.45. The number of carboxylic acid groups (broad SMARTS) is 2. The molecule has 1 aromatic rings. The molecule has 2 fully saturated rings. The molecule has 3 rings (SSSR count). The number of halogens is 2. The fourth-order valence-corrected chi connectivity index (χ4v) is 3.42. The summed E-state index contributed by atoms with van der Waals surface area (Å²) >= 11 is 5.62. The summed E-state index contributed by atoms with van der Waals surface area (Å²) in [4.78, 5) is 36.2. The van der Waals surface area contributed by atoms with Crippen LogP contribution in [0.3, 0.4) is 0 Å². The van der Waals surface area contributed by atoms with Crippen LogP contribution in [-0.4, -0.2) is 46.0 Å². The Kier molecular flexibility index (Phi) is 2.97. The van der Waals surface area contributed by atoms with E-state index in [9.17, 15) is 29.0 Å². The summed E-state index contributed by atoms with van der Waals surface area (Å²) in [7, 11) is 0. The van der Waals surface area contributed by atoms with Gasteiger partial charge in [0.15, 0.2) is 0 Å². The van der Waals surface area contributed by atoms with Gasteiger partial charge in [0.2, 0.25) is 0 Å². The number of hydrogen-bond donors (Lipinski definition) is 2. The first kappa shape index (κ1) is 14.8. The van der Waals surface area contributed by atoms with E-state index >= 15 is 0 Å². The summed E-state index contributed by atoms with van der Waals surface area (Å²) in [5.74, 6) is -4.06. The lowest BCUT2D eigenvalue weighted by Crippen LogP contribution is -2.35. The molecule has 0 bridgehead atoms. The van der Waals surface area contributed by atoms with E-state index in [-0.39, 0.29) is 30.1 Å². The minimum absolute atomic E-state index is 0.0163. The summed E-state index contributed by atoms with van der Waals surface area (Å²) in [6, 6.07) is 3.52. The molecule has 1 aliphatic heterocycles. The summed E-state index contributed by atoms with van der Waals surface area (Å²) in [5, 5.41) is 18.7. The smallest absolute Gasteiger partial charge is 0.312 e. The molecule has 1 aliphatic carbocycles. The van der Waals surface area contributed by atoms with Crippen molar-refractivity contribution in [2.24, 2.45) is 10.8 Å². The number of fused-ring (bicyclic) bond motifs is 1. The van der Waals surface area contributed by atoms with Crippen LogP contribution in [0.15, 0.2) is 18.2 Å². The van der Waals surface area contributed by atoms with E-state index in [4.69, 9.17) is 11.6 Å². The average Bonchev–Trinajstić information content (AvgIpc) is 2.97. The highest BCUT2D eigenvalue weighted by atomic mass is 35.5. The Morgan fingerprint density at radius 1 is 1.14 bits per heavy atom. The molecule has 0 spiro atoms. The maximum absolute atomic E-state index is 13.8. The Balaban J connectivity index is 1.91. The Morgan fingerprint density at radius 3 is 2.14 bits per heavy atom. The molecular formula is C14H11ClFNO5. The van der Waals surface area contributed by atoms with Crippen molar-refractivity contribution in [3.63, 3.8) is 0 Å². The number of carboxylic acids is 2. The van der Waals surface area contributed by atoms with E-state index < -0.39 is 34.5 Å². The summed E-state index contributed by atoms with van der Waals surface area (Å²) in [5.41, 5.74) is -3.21. The number of rotatable bonds is 3. The highest BCUT2D eigenvalue weighted by molar-refractivity contribution is 6.30. The largest absolute Gasteiger partial charge is 0.481 e. The molecule has 2 aliphatic rings. The molecule has 0 aromatic heterocycles. The molecule has 1 aromatic carbocycles. The molecule has 0 unspecified atom stereocenters. The Morgan fingerprint density at radius 2 is 1.68 bits per heavy atom. The number of aliphatic carboxylic acids is 2. The first-order valence-corrected chi connectivity index (χ1v) is 6.82. The number of amides is 1. The number of likely N-dealkylation sites (tertiary alicyclic amines) is 1. The van der Waals surface area contributed by atoms with Crippen LogP contribution in [0.4, 0.5) is 4.39 Å². The van der Waals surface area contributed by atoms with E-state index in [1.54, 1.807) is 0 Å². The van der Waals surface area contributed by atoms with E-state index in [0.717, 1.165) is 11.0 Å². The van der Waals surface area contributed by atoms with Crippen LogP contribution in [0.1, 0.15) is 16.8 Å². The van der Waals surface area contributed by atoms with Gasteiger partial charge in [-0.25, -0.2) is 4.39 Å². The zero-order valence-electron chi connectivity index (χ0n) is 11.2. The van der Waals surface area contributed by atoms with Gasteiger partial charge in [0.1, 0.15) is 16.6 Å². The number of nitrogens with zero attached hydrogens (tertiary/aromatic N) is 1. The van der Waals surface area contributed by atoms with Crippen molar-refractivity contribution < 1.29 is 29.0 Å². The average molecular weight is 328 g/mol. The van der Waals surface area contributed by atoms with Crippen LogP contribution in [0, 0.1) is 16.6 Å². The molecule has 6 nitrogen and oxygen atoms in total. The predicted octanol–water partition coefficient (Wildman–Crippen LogP) is 1.48.